The number of hydrogen-bond acceptors (Lipinski definition) is 6. The van der Waals surface area contributed by atoms with Crippen LogP contribution in [0.15, 0.2) is 64.6 Å². The first-order chi connectivity index (χ1) is 13.6. The molecule has 1 unspecified atom stereocenters. The molecule has 0 aliphatic rings. The molecule has 0 aliphatic heterocycles. The Morgan fingerprint density at radius 2 is 2.04 bits per heavy atom. The molecule has 0 aliphatic carbocycles. The van der Waals surface area contributed by atoms with Crippen LogP contribution in [0, 0.1) is 0 Å². The number of amides is 1. The van der Waals surface area contributed by atoms with E-state index in [2.05, 4.69) is 5.32 Å². The second kappa shape index (κ2) is 8.77. The van der Waals surface area contributed by atoms with Crippen LogP contribution < -0.4 is 14.8 Å². The van der Waals surface area contributed by atoms with Gasteiger partial charge in [0.15, 0.2) is 17.1 Å². The lowest BCUT2D eigenvalue weighted by molar-refractivity contribution is -0.117. The van der Waals surface area contributed by atoms with Gasteiger partial charge in [-0.3, -0.25) is 4.79 Å². The molecule has 0 fully saturated rings. The minimum atomic E-state index is -1.43. The van der Waals surface area contributed by atoms with Gasteiger partial charge in [0.2, 0.25) is 5.91 Å². The summed E-state index contributed by atoms with van der Waals surface area (Å²) < 4.78 is 15.8. The Labute approximate surface area is 167 Å². The number of methoxy groups -OCH3 is 2. The third-order valence-electron chi connectivity index (χ3n) is 4.21. The van der Waals surface area contributed by atoms with Crippen LogP contribution in [0.4, 0.5) is 0 Å². The fourth-order valence-corrected chi connectivity index (χ4v) is 3.55. The highest BCUT2D eigenvalue weighted by Gasteiger charge is 2.35. The van der Waals surface area contributed by atoms with E-state index >= 15 is 0 Å². The Bertz CT molecular complexity index is 898. The molecule has 3 aromatic rings. The number of aliphatic hydroxyl groups is 1. The van der Waals surface area contributed by atoms with Gasteiger partial charge in [-0.15, -0.1) is 11.3 Å². The van der Waals surface area contributed by atoms with Crippen molar-refractivity contribution in [3.8, 4) is 11.5 Å². The van der Waals surface area contributed by atoms with Crippen molar-refractivity contribution in [1.82, 2.24) is 5.32 Å². The minimum absolute atomic E-state index is 0.0177. The van der Waals surface area contributed by atoms with Gasteiger partial charge in [0.1, 0.15) is 5.76 Å². The average molecular weight is 399 g/mol. The lowest BCUT2D eigenvalue weighted by Gasteiger charge is -2.24. The maximum absolute atomic E-state index is 12.3. The molecule has 0 spiro atoms. The first kappa shape index (κ1) is 19.7. The van der Waals surface area contributed by atoms with E-state index in [0.717, 1.165) is 5.56 Å². The van der Waals surface area contributed by atoms with Crippen LogP contribution in [0.25, 0.3) is 6.08 Å². The van der Waals surface area contributed by atoms with E-state index in [1.807, 2.05) is 17.5 Å². The molecule has 28 heavy (non-hydrogen) atoms. The van der Waals surface area contributed by atoms with Crippen molar-refractivity contribution >= 4 is 23.3 Å². The van der Waals surface area contributed by atoms with Crippen LogP contribution in [0.2, 0.25) is 0 Å². The van der Waals surface area contributed by atoms with Crippen LogP contribution in [-0.2, 0) is 10.4 Å². The largest absolute Gasteiger partial charge is 0.493 e. The molecule has 2 heterocycles. The van der Waals surface area contributed by atoms with Gasteiger partial charge in [0, 0.05) is 11.0 Å². The van der Waals surface area contributed by atoms with E-state index in [1.54, 1.807) is 50.6 Å². The van der Waals surface area contributed by atoms with Gasteiger partial charge in [0.25, 0.3) is 0 Å². The molecular weight excluding hydrogens is 378 g/mol. The number of ether oxygens (including phenoxy) is 2. The van der Waals surface area contributed by atoms with E-state index < -0.39 is 5.60 Å². The second-order valence-corrected chi connectivity index (χ2v) is 6.93. The Kier molecular flexibility index (Phi) is 6.18. The lowest BCUT2D eigenvalue weighted by Crippen LogP contribution is -2.40. The zero-order valence-electron chi connectivity index (χ0n) is 15.5. The van der Waals surface area contributed by atoms with E-state index in [-0.39, 0.29) is 12.5 Å². The van der Waals surface area contributed by atoms with Crippen LogP contribution in [0.5, 0.6) is 11.5 Å². The summed E-state index contributed by atoms with van der Waals surface area (Å²) >= 11 is 1.39. The summed E-state index contributed by atoms with van der Waals surface area (Å²) in [6, 6.07) is 12.4. The highest BCUT2D eigenvalue weighted by Crippen LogP contribution is 2.32. The summed E-state index contributed by atoms with van der Waals surface area (Å²) in [7, 11) is 3.12. The highest BCUT2D eigenvalue weighted by molar-refractivity contribution is 7.10. The van der Waals surface area contributed by atoms with Crippen LogP contribution in [0.1, 0.15) is 16.2 Å². The van der Waals surface area contributed by atoms with Gasteiger partial charge in [-0.2, -0.15) is 0 Å². The van der Waals surface area contributed by atoms with Crippen LogP contribution in [0.3, 0.4) is 0 Å². The second-order valence-electron chi connectivity index (χ2n) is 5.98. The summed E-state index contributed by atoms with van der Waals surface area (Å²) in [5, 5.41) is 15.7. The molecule has 146 valence electrons. The van der Waals surface area contributed by atoms with Crippen LogP contribution in [-0.4, -0.2) is 31.8 Å². The highest BCUT2D eigenvalue weighted by atomic mass is 32.1. The van der Waals surface area contributed by atoms with E-state index in [1.165, 1.54) is 23.7 Å². The molecule has 3 rings (SSSR count). The van der Waals surface area contributed by atoms with Crippen LogP contribution >= 0.6 is 11.3 Å². The Balaban J connectivity index is 1.70. The number of hydrogen-bond donors (Lipinski definition) is 2. The van der Waals surface area contributed by atoms with Crippen molar-refractivity contribution in [3.63, 3.8) is 0 Å². The Hall–Kier alpha value is -3.03. The maximum atomic E-state index is 12.3. The maximum Gasteiger partial charge on any atom is 0.244 e. The monoisotopic (exact) mass is 399 g/mol. The van der Waals surface area contributed by atoms with Gasteiger partial charge < -0.3 is 24.3 Å². The quantitative estimate of drug-likeness (QED) is 0.567. The summed E-state index contributed by atoms with van der Waals surface area (Å²) in [4.78, 5) is 13.0. The third kappa shape index (κ3) is 4.27. The first-order valence-electron chi connectivity index (χ1n) is 8.55. The fraction of sp³-hybridized carbons (Fsp3) is 0.190. The number of rotatable bonds is 8. The van der Waals surface area contributed by atoms with Crippen molar-refractivity contribution in [2.24, 2.45) is 0 Å². The average Bonchev–Trinajstić information content (AvgIpc) is 3.44. The van der Waals surface area contributed by atoms with Gasteiger partial charge in [-0.25, -0.2) is 0 Å². The van der Waals surface area contributed by atoms with Crippen molar-refractivity contribution in [2.45, 2.75) is 5.60 Å². The molecule has 2 N–H and O–H groups in total. The standard InChI is InChI=1S/C21H21NO5S/c1-25-16-9-7-15(13-17(16)26-2)8-10-20(23)22-14-21(24,18-5-3-11-27-18)19-6-4-12-28-19/h3-13,24H,14H2,1-2H3,(H,22,23)/b10-8+. The Morgan fingerprint density at radius 1 is 1.21 bits per heavy atom. The number of carbonyl (C=O) groups is 1. The predicted octanol–water partition coefficient (Wildman–Crippen LogP) is 3.42. The Morgan fingerprint density at radius 3 is 2.68 bits per heavy atom. The molecule has 1 atom stereocenters. The fourth-order valence-electron chi connectivity index (χ4n) is 2.73. The molecule has 0 bridgehead atoms. The van der Waals surface area contributed by atoms with E-state index in [4.69, 9.17) is 13.9 Å². The number of benzene rings is 1. The van der Waals surface area contributed by atoms with Gasteiger partial charge >= 0.3 is 0 Å². The molecule has 0 saturated carbocycles. The molecule has 0 saturated heterocycles. The topological polar surface area (TPSA) is 80.9 Å². The van der Waals surface area contributed by atoms with Crippen molar-refractivity contribution in [2.75, 3.05) is 20.8 Å². The summed E-state index contributed by atoms with van der Waals surface area (Å²) in [6.07, 6.45) is 4.55. The number of furan rings is 1. The molecule has 1 amide bonds. The summed E-state index contributed by atoms with van der Waals surface area (Å²) in [5.41, 5.74) is -0.642. The predicted molar refractivity (Wildman–Crippen MR) is 108 cm³/mol. The zero-order valence-corrected chi connectivity index (χ0v) is 16.4. The van der Waals surface area contributed by atoms with Gasteiger partial charge in [0.05, 0.1) is 27.0 Å². The minimum Gasteiger partial charge on any atom is -0.493 e. The first-order valence-corrected chi connectivity index (χ1v) is 9.43. The normalized spacial score (nSPS) is 13.2. The molecule has 7 heteroatoms. The van der Waals surface area contributed by atoms with Crippen molar-refractivity contribution in [3.05, 3.63) is 76.4 Å². The summed E-state index contributed by atoms with van der Waals surface area (Å²) in [6.45, 7) is -0.0177. The molecule has 6 nitrogen and oxygen atoms in total. The number of nitrogens with one attached hydrogen (secondary N) is 1. The molecule has 0 radical (unpaired) electrons. The summed E-state index contributed by atoms with van der Waals surface area (Å²) in [5.74, 6) is 1.23. The molecule has 2 aromatic heterocycles. The zero-order chi connectivity index (χ0) is 20.0. The van der Waals surface area contributed by atoms with Gasteiger partial charge in [-0.05, 0) is 47.4 Å². The third-order valence-corrected chi connectivity index (χ3v) is 5.23. The number of thiophene rings is 1. The SMILES string of the molecule is COc1ccc(/C=C/C(=O)NCC(O)(c2ccco2)c2cccs2)cc1OC. The molecular formula is C21H21NO5S. The van der Waals surface area contributed by atoms with E-state index in [0.29, 0.717) is 22.1 Å². The van der Waals surface area contributed by atoms with E-state index in [9.17, 15) is 9.90 Å². The van der Waals surface area contributed by atoms with Crippen molar-refractivity contribution < 1.29 is 23.8 Å². The number of carbonyl (C=O) groups excluding carboxylic acids is 1. The lowest BCUT2D eigenvalue weighted by atomic mass is 9.98. The molecule has 1 aromatic carbocycles. The smallest absolute Gasteiger partial charge is 0.244 e. The van der Waals surface area contributed by atoms with Crippen molar-refractivity contribution in [1.29, 1.82) is 0 Å². The van der Waals surface area contributed by atoms with Gasteiger partial charge in [-0.1, -0.05) is 12.1 Å².